The highest BCUT2D eigenvalue weighted by molar-refractivity contribution is 7.95. The number of amides is 2. The average Bonchev–Trinajstić information content (AvgIpc) is 2.64. The Morgan fingerprint density at radius 3 is 2.72 bits per heavy atom. The minimum atomic E-state index is -0.341. The van der Waals surface area contributed by atoms with Gasteiger partial charge in [0.2, 0.25) is 5.91 Å². The number of unbranched alkanes of at least 4 members (excludes halogenated alkanes) is 1. The summed E-state index contributed by atoms with van der Waals surface area (Å²) in [5.41, 5.74) is 0.734. The molecule has 1 unspecified atom stereocenters. The van der Waals surface area contributed by atoms with Crippen LogP contribution in [0, 0.1) is 5.92 Å². The van der Waals surface area contributed by atoms with E-state index in [9.17, 15) is 9.59 Å². The van der Waals surface area contributed by atoms with Crippen LogP contribution in [0.15, 0.2) is 37.1 Å². The molecule has 0 aromatic heterocycles. The predicted molar refractivity (Wildman–Crippen MR) is 104 cm³/mol. The largest absolute Gasteiger partial charge is 0.421 e. The second kappa shape index (κ2) is 11.8. The number of carbonyl (C=O) groups is 2. The van der Waals surface area contributed by atoms with Crippen LogP contribution in [0.1, 0.15) is 39.5 Å². The van der Waals surface area contributed by atoms with Crippen LogP contribution in [0.2, 0.25) is 0 Å². The topological polar surface area (TPSA) is 49.9 Å². The lowest BCUT2D eigenvalue weighted by atomic mass is 9.96. The highest BCUT2D eigenvalue weighted by atomic mass is 32.2. The Balaban J connectivity index is 2.67. The maximum absolute atomic E-state index is 12.9. The fraction of sp³-hybridized carbons (Fsp3) is 0.579. The molecule has 0 aromatic carbocycles. The Kier molecular flexibility index (Phi) is 10.1. The molecule has 1 aliphatic rings. The third kappa shape index (κ3) is 6.61. The maximum Gasteiger partial charge on any atom is 0.421 e. The van der Waals surface area contributed by atoms with Crippen LogP contribution >= 0.6 is 12.0 Å². The van der Waals surface area contributed by atoms with Crippen molar-refractivity contribution in [3.05, 3.63) is 37.1 Å². The first-order chi connectivity index (χ1) is 12.1. The molecule has 0 saturated carbocycles. The first-order valence-corrected chi connectivity index (χ1v) is 9.84. The van der Waals surface area contributed by atoms with Crippen LogP contribution in [0.5, 0.6) is 0 Å². The summed E-state index contributed by atoms with van der Waals surface area (Å²) in [6.07, 6.45) is 8.40. The van der Waals surface area contributed by atoms with E-state index in [2.05, 4.69) is 20.1 Å². The molecular formula is C19H30N2O3S. The fourth-order valence-corrected chi connectivity index (χ4v) is 3.46. The fourth-order valence-electron chi connectivity index (χ4n) is 2.77. The van der Waals surface area contributed by atoms with Crippen molar-refractivity contribution in [2.24, 2.45) is 5.92 Å². The maximum atomic E-state index is 12.9. The lowest BCUT2D eigenvalue weighted by molar-refractivity contribution is -0.134. The van der Waals surface area contributed by atoms with E-state index >= 15 is 0 Å². The van der Waals surface area contributed by atoms with Gasteiger partial charge in [-0.25, -0.2) is 4.79 Å². The van der Waals surface area contributed by atoms with Gasteiger partial charge in [0.25, 0.3) is 0 Å². The number of carbonyl (C=O) groups excluding carboxylic acids is 2. The Morgan fingerprint density at radius 2 is 2.12 bits per heavy atom. The molecule has 0 aliphatic carbocycles. The average molecular weight is 367 g/mol. The molecule has 0 bridgehead atoms. The molecule has 6 heteroatoms. The zero-order chi connectivity index (χ0) is 18.7. The summed E-state index contributed by atoms with van der Waals surface area (Å²) in [5, 5.41) is 0. The van der Waals surface area contributed by atoms with E-state index in [1.807, 2.05) is 6.92 Å². The van der Waals surface area contributed by atoms with E-state index in [-0.39, 0.29) is 17.9 Å². The van der Waals surface area contributed by atoms with Gasteiger partial charge in [-0.1, -0.05) is 32.6 Å². The number of piperidine rings is 1. The van der Waals surface area contributed by atoms with E-state index in [0.29, 0.717) is 19.6 Å². The molecule has 1 atom stereocenters. The number of likely N-dealkylation sites (N-methyl/N-ethyl adjacent to an activating group) is 1. The first-order valence-electron chi connectivity index (χ1n) is 8.93. The van der Waals surface area contributed by atoms with Crippen molar-refractivity contribution < 1.29 is 13.8 Å². The lowest BCUT2D eigenvalue weighted by Crippen LogP contribution is -2.46. The van der Waals surface area contributed by atoms with Gasteiger partial charge in [0.05, 0.1) is 18.0 Å². The van der Waals surface area contributed by atoms with Crippen LogP contribution < -0.4 is 0 Å². The summed E-state index contributed by atoms with van der Waals surface area (Å²) in [4.78, 5) is 28.4. The third-order valence-corrected chi connectivity index (χ3v) is 4.85. The zero-order valence-electron chi connectivity index (χ0n) is 15.4. The smallest absolute Gasteiger partial charge is 0.375 e. The highest BCUT2D eigenvalue weighted by Crippen LogP contribution is 2.23. The predicted octanol–water partition coefficient (Wildman–Crippen LogP) is 4.39. The molecule has 25 heavy (non-hydrogen) atoms. The molecule has 0 spiro atoms. The summed E-state index contributed by atoms with van der Waals surface area (Å²) >= 11 is 1.20. The number of allylic oxidation sites excluding steroid dienone is 3. The van der Waals surface area contributed by atoms with Crippen LogP contribution in [0.3, 0.4) is 0 Å². The van der Waals surface area contributed by atoms with Crippen molar-refractivity contribution >= 4 is 24.0 Å². The minimum absolute atomic E-state index is 0.0200. The number of nitrogens with zero attached hydrogens (tertiary/aromatic N) is 2. The Bertz CT molecular complexity index is 505. The molecule has 0 N–H and O–H groups in total. The minimum Gasteiger partial charge on any atom is -0.375 e. The van der Waals surface area contributed by atoms with Crippen LogP contribution in [-0.4, -0.2) is 47.2 Å². The van der Waals surface area contributed by atoms with Gasteiger partial charge in [-0.05, 0) is 38.3 Å². The monoisotopic (exact) mass is 366 g/mol. The van der Waals surface area contributed by atoms with Crippen LogP contribution in [0.25, 0.3) is 0 Å². The molecule has 5 nitrogen and oxygen atoms in total. The van der Waals surface area contributed by atoms with Crippen molar-refractivity contribution in [2.45, 2.75) is 39.5 Å². The van der Waals surface area contributed by atoms with E-state index in [4.69, 9.17) is 4.18 Å². The van der Waals surface area contributed by atoms with Crippen LogP contribution in [-0.2, 0) is 8.98 Å². The van der Waals surface area contributed by atoms with Crippen molar-refractivity contribution in [3.63, 3.8) is 0 Å². The van der Waals surface area contributed by atoms with Gasteiger partial charge in [-0.3, -0.25) is 4.79 Å². The Morgan fingerprint density at radius 1 is 1.36 bits per heavy atom. The van der Waals surface area contributed by atoms with Crippen LogP contribution in [0.4, 0.5) is 4.79 Å². The standard InChI is InChI=1S/C19H30N2O3S/c1-5-9-14-25-24-19(23)20-13-10-12-16(15-20)18(22)21(8-4)17(7-3)11-6-2/h6-7,11,16H,2-3,5,8-10,12-15H2,1,4H3/b17-11+. The Labute approximate surface area is 156 Å². The normalized spacial score (nSPS) is 17.8. The molecule has 1 fully saturated rings. The van der Waals surface area contributed by atoms with Gasteiger partial charge in [0.15, 0.2) is 0 Å². The van der Waals surface area contributed by atoms with Gasteiger partial charge in [0.1, 0.15) is 0 Å². The van der Waals surface area contributed by atoms with E-state index < -0.39 is 0 Å². The number of hydrogen-bond donors (Lipinski definition) is 0. The molecule has 1 rings (SSSR count). The van der Waals surface area contributed by atoms with E-state index in [1.165, 1.54) is 12.0 Å². The quantitative estimate of drug-likeness (QED) is 0.345. The Hall–Kier alpha value is -1.69. The molecule has 1 saturated heterocycles. The molecule has 2 amide bonds. The summed E-state index contributed by atoms with van der Waals surface area (Å²) in [7, 11) is 0. The van der Waals surface area contributed by atoms with E-state index in [1.54, 1.807) is 28.0 Å². The molecule has 0 radical (unpaired) electrons. The van der Waals surface area contributed by atoms with Gasteiger partial charge in [-0.15, -0.1) is 0 Å². The summed E-state index contributed by atoms with van der Waals surface area (Å²) in [6, 6.07) is 0. The van der Waals surface area contributed by atoms with Gasteiger partial charge in [0, 0.05) is 31.1 Å². The lowest BCUT2D eigenvalue weighted by Gasteiger charge is -2.34. The van der Waals surface area contributed by atoms with Crippen molar-refractivity contribution in [1.82, 2.24) is 9.80 Å². The van der Waals surface area contributed by atoms with Crippen molar-refractivity contribution in [2.75, 3.05) is 25.4 Å². The van der Waals surface area contributed by atoms with Gasteiger partial charge < -0.3 is 14.0 Å². The van der Waals surface area contributed by atoms with E-state index in [0.717, 1.165) is 37.1 Å². The molecule has 0 aromatic rings. The van der Waals surface area contributed by atoms with Crippen molar-refractivity contribution in [3.8, 4) is 0 Å². The number of hydrogen-bond acceptors (Lipinski definition) is 4. The molecule has 1 aliphatic heterocycles. The molecule has 1 heterocycles. The molecule has 140 valence electrons. The summed E-state index contributed by atoms with van der Waals surface area (Å²) in [6.45, 7) is 13.1. The zero-order valence-corrected chi connectivity index (χ0v) is 16.2. The molecular weight excluding hydrogens is 336 g/mol. The summed E-state index contributed by atoms with van der Waals surface area (Å²) in [5.74, 6) is 0.610. The third-order valence-electron chi connectivity index (χ3n) is 4.13. The number of rotatable bonds is 9. The highest BCUT2D eigenvalue weighted by Gasteiger charge is 2.32. The SMILES string of the molecule is C=C/C=C(\C=C)N(CC)C(=O)C1CCCN(C(=O)OSCCCC)C1. The second-order valence-corrected chi connectivity index (χ2v) is 6.73. The number of likely N-dealkylation sites (tertiary alicyclic amines) is 1. The van der Waals surface area contributed by atoms with Gasteiger partial charge >= 0.3 is 6.09 Å². The summed E-state index contributed by atoms with van der Waals surface area (Å²) < 4.78 is 5.24. The second-order valence-electron chi connectivity index (χ2n) is 5.92. The van der Waals surface area contributed by atoms with Crippen molar-refractivity contribution in [1.29, 1.82) is 0 Å². The van der Waals surface area contributed by atoms with Gasteiger partial charge in [-0.2, -0.15) is 0 Å². The first kappa shape index (κ1) is 21.4.